The fourth-order valence-electron chi connectivity index (χ4n) is 2.14. The average Bonchev–Trinajstić information content (AvgIpc) is 2.70. The van der Waals surface area contributed by atoms with E-state index >= 15 is 0 Å². The fraction of sp³-hybridized carbons (Fsp3) is 0.273. The Morgan fingerprint density at radius 2 is 2.33 bits per heavy atom. The zero-order valence-electron chi connectivity index (χ0n) is 10.3. The Hall–Kier alpha value is -0.820. The zero-order valence-corrected chi connectivity index (χ0v) is 12.4. The number of aryl methyl sites for hydroxylation is 1. The molecule has 7 heteroatoms. The molecule has 2 N–H and O–H groups in total. The van der Waals surface area contributed by atoms with E-state index in [4.69, 9.17) is 0 Å². The molecule has 0 aliphatic heterocycles. The quantitative estimate of drug-likeness (QED) is 0.653. The van der Waals surface area contributed by atoms with Crippen LogP contribution in [0.4, 0.5) is 5.69 Å². The number of nitrogens with one attached hydrogen (secondary N) is 1. The van der Waals surface area contributed by atoms with Crippen molar-refractivity contribution in [2.45, 2.75) is 20.2 Å². The van der Waals surface area contributed by atoms with Crippen molar-refractivity contribution in [3.05, 3.63) is 27.5 Å². The van der Waals surface area contributed by atoms with E-state index < -0.39 is 7.05 Å². The summed E-state index contributed by atoms with van der Waals surface area (Å²) in [4.78, 5) is 0. The molecule has 0 unspecified atom stereocenters. The van der Waals surface area contributed by atoms with E-state index in [9.17, 15) is 9.73 Å². The monoisotopic (exact) mass is 354 g/mol. The van der Waals surface area contributed by atoms with Crippen molar-refractivity contribution < 1.29 is 9.73 Å². The number of hydrogen-bond donors (Lipinski definition) is 2. The van der Waals surface area contributed by atoms with Crippen LogP contribution in [0.25, 0.3) is 10.9 Å². The third-order valence-corrected chi connectivity index (χ3v) is 3.97. The van der Waals surface area contributed by atoms with E-state index in [1.807, 2.05) is 29.8 Å². The van der Waals surface area contributed by atoms with E-state index in [-0.39, 0.29) is 0 Å². The Morgan fingerprint density at radius 1 is 1.61 bits per heavy atom. The first-order chi connectivity index (χ1) is 8.54. The second kappa shape index (κ2) is 5.44. The third-order valence-electron chi connectivity index (χ3n) is 2.81. The second-order valence-corrected chi connectivity index (χ2v) is 5.35. The van der Waals surface area contributed by atoms with Crippen LogP contribution in [0, 0.1) is 10.5 Å². The number of hydrogen-bond acceptors (Lipinski definition) is 3. The third kappa shape index (κ3) is 2.47. The summed E-state index contributed by atoms with van der Waals surface area (Å²) in [6.45, 7) is 3.69. The van der Waals surface area contributed by atoms with Gasteiger partial charge in [0, 0.05) is 0 Å². The molecule has 18 heavy (non-hydrogen) atoms. The number of rotatable bonds is 4. The first-order valence-electron chi connectivity index (χ1n) is 5.70. The molecule has 1 aromatic carbocycles. The summed E-state index contributed by atoms with van der Waals surface area (Å²) in [6, 6.07) is 4.00. The molecule has 0 aliphatic rings. The van der Waals surface area contributed by atoms with Gasteiger partial charge >= 0.3 is 121 Å². The summed E-state index contributed by atoms with van der Waals surface area (Å²) < 4.78 is 13.6. The standard InChI is InChI=1S/C11H13B2IN2O2/c1-7-5-9(15-13(2)18)10(14)8-3-4-16(6-12-17)11(7)8/h3-5,15,18H,6H2,1-2H3. The molecule has 1 heterocycles. The Labute approximate surface area is 120 Å². The van der Waals surface area contributed by atoms with Crippen LogP contribution in [-0.4, -0.2) is 23.8 Å². The molecule has 0 spiro atoms. The first-order valence-corrected chi connectivity index (χ1v) is 6.78. The van der Waals surface area contributed by atoms with Crippen molar-refractivity contribution in [2.75, 3.05) is 5.23 Å². The van der Waals surface area contributed by atoms with E-state index in [1.54, 1.807) is 6.82 Å². The molecule has 0 saturated carbocycles. The molecule has 2 rings (SSSR count). The van der Waals surface area contributed by atoms with Gasteiger partial charge in [0.2, 0.25) is 0 Å². The van der Waals surface area contributed by atoms with Gasteiger partial charge in [0.05, 0.1) is 0 Å². The maximum atomic E-state index is 10.7. The Kier molecular flexibility index (Phi) is 4.11. The summed E-state index contributed by atoms with van der Waals surface area (Å²) in [5, 5.41) is 13.5. The summed E-state index contributed by atoms with van der Waals surface area (Å²) in [5.74, 6) is 0. The van der Waals surface area contributed by atoms with Crippen LogP contribution in [0.3, 0.4) is 0 Å². The molecule has 0 radical (unpaired) electrons. The Bertz CT molecular complexity index is 598. The molecule has 0 amide bonds. The van der Waals surface area contributed by atoms with Gasteiger partial charge in [-0.2, -0.15) is 0 Å². The van der Waals surface area contributed by atoms with Crippen molar-refractivity contribution in [1.82, 2.24) is 4.57 Å². The van der Waals surface area contributed by atoms with Crippen LogP contribution in [0.1, 0.15) is 5.56 Å². The molecular weight excluding hydrogens is 341 g/mol. The summed E-state index contributed by atoms with van der Waals surface area (Å²) in [6.07, 6.45) is 2.28. The van der Waals surface area contributed by atoms with Crippen LogP contribution in [0.2, 0.25) is 6.82 Å². The van der Waals surface area contributed by atoms with Crippen molar-refractivity contribution >= 4 is 53.4 Å². The van der Waals surface area contributed by atoms with Gasteiger partial charge in [-0.25, -0.2) is 0 Å². The van der Waals surface area contributed by atoms with E-state index in [0.717, 1.165) is 32.9 Å². The SMILES string of the molecule is CB(O)Nc1cc(C)c2c(ccn2CB=O)c1I. The predicted octanol–water partition coefficient (Wildman–Crippen LogP) is 2.08. The van der Waals surface area contributed by atoms with Gasteiger partial charge in [0.1, 0.15) is 0 Å². The first kappa shape index (κ1) is 13.6. The van der Waals surface area contributed by atoms with Crippen LogP contribution < -0.4 is 5.23 Å². The van der Waals surface area contributed by atoms with Crippen molar-refractivity contribution in [2.24, 2.45) is 0 Å². The molecule has 0 atom stereocenters. The van der Waals surface area contributed by atoms with Gasteiger partial charge in [-0.05, 0) is 0 Å². The normalized spacial score (nSPS) is 10.4. The van der Waals surface area contributed by atoms with E-state index in [1.165, 1.54) is 0 Å². The molecular formula is C11H13B2IN2O2. The van der Waals surface area contributed by atoms with Crippen LogP contribution in [0.5, 0.6) is 0 Å². The molecule has 0 aliphatic carbocycles. The zero-order chi connectivity index (χ0) is 13.3. The summed E-state index contributed by atoms with van der Waals surface area (Å²) >= 11 is 2.26. The average molecular weight is 354 g/mol. The van der Waals surface area contributed by atoms with Crippen molar-refractivity contribution in [3.8, 4) is 0 Å². The van der Waals surface area contributed by atoms with Gasteiger partial charge < -0.3 is 0 Å². The van der Waals surface area contributed by atoms with Crippen LogP contribution in [0.15, 0.2) is 18.3 Å². The fourth-order valence-corrected chi connectivity index (χ4v) is 2.89. The van der Waals surface area contributed by atoms with Gasteiger partial charge in [0.25, 0.3) is 0 Å². The Morgan fingerprint density at radius 3 is 2.94 bits per heavy atom. The molecule has 2 aromatic rings. The minimum absolute atomic E-state index is 0.365. The number of anilines is 1. The molecule has 92 valence electrons. The number of aromatic nitrogens is 1. The van der Waals surface area contributed by atoms with Crippen molar-refractivity contribution in [1.29, 1.82) is 0 Å². The van der Waals surface area contributed by atoms with Crippen LogP contribution in [-0.2, 0) is 11.1 Å². The molecule has 0 saturated heterocycles. The number of benzene rings is 1. The maximum absolute atomic E-state index is 10.7. The molecule has 4 nitrogen and oxygen atoms in total. The topological polar surface area (TPSA) is 54.3 Å². The van der Waals surface area contributed by atoms with Gasteiger partial charge in [-0.15, -0.1) is 0 Å². The molecule has 1 aromatic heterocycles. The van der Waals surface area contributed by atoms with Gasteiger partial charge in [-0.3, -0.25) is 0 Å². The summed E-state index contributed by atoms with van der Waals surface area (Å²) in [5.41, 5.74) is 3.07. The van der Waals surface area contributed by atoms with Gasteiger partial charge in [0.15, 0.2) is 0 Å². The number of fused-ring (bicyclic) bond motifs is 1. The van der Waals surface area contributed by atoms with Crippen molar-refractivity contribution in [3.63, 3.8) is 0 Å². The second-order valence-electron chi connectivity index (χ2n) is 4.27. The van der Waals surface area contributed by atoms with Crippen LogP contribution >= 0.6 is 22.6 Å². The number of halogens is 1. The van der Waals surface area contributed by atoms with E-state index in [0.29, 0.717) is 6.44 Å². The number of nitrogens with zero attached hydrogens (tertiary/aromatic N) is 1. The Balaban J connectivity index is 2.61. The molecule has 0 bridgehead atoms. The minimum atomic E-state index is -0.590. The summed E-state index contributed by atoms with van der Waals surface area (Å²) in [7, 11) is 0.306. The van der Waals surface area contributed by atoms with E-state index in [2.05, 4.69) is 27.8 Å². The van der Waals surface area contributed by atoms with Gasteiger partial charge in [-0.1, -0.05) is 0 Å². The molecule has 0 fully saturated rings. The predicted molar refractivity (Wildman–Crippen MR) is 83.3 cm³/mol.